The highest BCUT2D eigenvalue weighted by Crippen LogP contribution is 2.36. The molecule has 738 valence electrons. The summed E-state index contributed by atoms with van der Waals surface area (Å²) in [4.78, 5) is 279. The van der Waals surface area contributed by atoms with E-state index in [-0.39, 0.29) is 115 Å². The van der Waals surface area contributed by atoms with Gasteiger partial charge in [0.25, 0.3) is 0 Å². The number of carbonyl (C=O) groups excluding carboxylic acids is 17. The number of aliphatic hydroxyl groups is 1. The quantitative estimate of drug-likeness (QED) is 0.0319. The number of aromatic amines is 2. The lowest BCUT2D eigenvalue weighted by Crippen LogP contribution is -2.59. The molecule has 1 unspecified atom stereocenters. The highest BCUT2D eigenvalue weighted by atomic mass is 32.2. The summed E-state index contributed by atoms with van der Waals surface area (Å²) >= 11 is 0.838. The molecule has 14 amide bonds. The summed E-state index contributed by atoms with van der Waals surface area (Å²) in [5.41, 5.74) is 27.0. The molecule has 2 saturated heterocycles. The molecule has 9 rings (SSSR count). The molecular formula is C95H131N19O21S. The number of Topliss-reactive ketones (excluding diaryl/α,β-unsaturated/α-hetero) is 3. The standard InChI is InChI=1S/C95H131N19O21S/c1-8-10-23-75-90(129)105-68(22-16-36-96)88(127)110-74(78(116)31-32-80(98)118)51-136-52-82(120)103-71(40-54-26-28-60(135-7)29-27-54)92(131)111(4)53(3)85(124)108-73(47-81(99)119)94(133)114-39-17-25-76(114)91(130)107-70(41-55-35-38-100-48-55)89(128)104-67(30-33-83(121)122)84(123)63-45-59(115)46-64(63)87(126)106-69(42-57-49-101-65-20-14-12-18-61(57)65)79(117)44-56(34-37-97)86(125)109-72(43-58-50-102-66-21-15-13-19-62(58)66)93(132)113(6)77(24-11-9-2)95(134)112(75)5/h12-15,18-21,26-29,38,48-50,53,56,59,63-64,67-77,101-102,115H,8-11,16-17,22-25,30-37,39-47,51-52,96-97H2,1-7H3,(H2,98,118)(H2,99,119)(H,103,120)(H,104,128)(H,105,129)(H,106,126)(H,107,130)(H,108,124)(H,109,125)(H,110,127)(H,121,122)/t53-,56+,59-,63?,64+,67-,68-,69-,70-,71-,72-,73-,74-,75-,76-,77-/m0/s1. The van der Waals surface area contributed by atoms with Gasteiger partial charge in [-0.05, 0) is 137 Å². The lowest BCUT2D eigenvalue weighted by Gasteiger charge is -2.36. The van der Waals surface area contributed by atoms with Crippen LogP contribution in [0.2, 0.25) is 0 Å². The number of carboxylic acid groups (broad SMARTS) is 1. The number of amides is 14. The van der Waals surface area contributed by atoms with Gasteiger partial charge in [0.2, 0.25) is 82.7 Å². The third-order valence-electron chi connectivity index (χ3n) is 25.7. The van der Waals surface area contributed by atoms with Gasteiger partial charge in [-0.1, -0.05) is 88.1 Å². The molecule has 20 N–H and O–H groups in total. The van der Waals surface area contributed by atoms with Crippen LogP contribution < -0.4 is 70.2 Å². The predicted molar refractivity (Wildman–Crippen MR) is 505 cm³/mol. The molecule has 0 radical (unpaired) electrons. The molecule has 3 aromatic carbocycles. The van der Waals surface area contributed by atoms with Gasteiger partial charge in [-0.15, -0.1) is 11.8 Å². The largest absolute Gasteiger partial charge is 0.497 e. The number of carbonyl (C=O) groups is 18. The van der Waals surface area contributed by atoms with E-state index in [0.717, 1.165) is 21.6 Å². The van der Waals surface area contributed by atoms with Crippen LogP contribution in [0.5, 0.6) is 5.75 Å². The highest BCUT2D eigenvalue weighted by Gasteiger charge is 2.48. The molecule has 0 spiro atoms. The second-order valence-electron chi connectivity index (χ2n) is 35.5. The number of methoxy groups -OCH3 is 1. The number of thioether (sulfide) groups is 1. The van der Waals surface area contributed by atoms with Gasteiger partial charge in [-0.2, -0.15) is 0 Å². The van der Waals surface area contributed by atoms with Gasteiger partial charge in [0, 0.05) is 143 Å². The van der Waals surface area contributed by atoms with E-state index in [1.807, 2.05) is 26.0 Å². The smallest absolute Gasteiger partial charge is 0.303 e. The number of rotatable bonds is 29. The minimum absolute atomic E-state index is 0.0228. The number of hydrogen-bond acceptors (Lipinski definition) is 24. The number of H-pyrrole nitrogens is 2. The number of primary amides is 2. The van der Waals surface area contributed by atoms with Gasteiger partial charge in [0.05, 0.1) is 49.4 Å². The monoisotopic (exact) mass is 1910 g/mol. The van der Waals surface area contributed by atoms with Gasteiger partial charge >= 0.3 is 5.97 Å². The first-order valence-corrected chi connectivity index (χ1v) is 47.6. The fraction of sp³-hybridized carbons (Fsp3) is 0.547. The number of nitrogens with two attached hydrogens (primary N) is 4. The average Bonchev–Trinajstić information content (AvgIpc) is 1.62. The van der Waals surface area contributed by atoms with Crippen LogP contribution in [0, 0.1) is 17.8 Å². The summed E-state index contributed by atoms with van der Waals surface area (Å²) in [6, 6.07) is 2.75. The van der Waals surface area contributed by atoms with Crippen molar-refractivity contribution in [2.75, 3.05) is 59.4 Å². The normalized spacial score (nSPS) is 25.7. The molecule has 2 aromatic heterocycles. The number of carboxylic acids is 1. The lowest BCUT2D eigenvalue weighted by molar-refractivity contribution is -0.149. The first-order chi connectivity index (χ1) is 65.0. The van der Waals surface area contributed by atoms with Crippen molar-refractivity contribution < 1.29 is 101 Å². The molecule has 41 heteroatoms. The topological polar surface area (TPSA) is 614 Å². The second-order valence-corrected chi connectivity index (χ2v) is 36.5. The molecule has 1 aliphatic carbocycles. The van der Waals surface area contributed by atoms with Gasteiger partial charge in [0.15, 0.2) is 17.3 Å². The van der Waals surface area contributed by atoms with E-state index in [9.17, 15) is 58.2 Å². The van der Waals surface area contributed by atoms with Crippen LogP contribution in [0.25, 0.3) is 21.8 Å². The number of aliphatic imine (C=N–C) groups is 1. The van der Waals surface area contributed by atoms with Crippen molar-refractivity contribution in [2.45, 2.75) is 253 Å². The number of nitrogens with one attached hydrogen (secondary N) is 10. The Morgan fingerprint density at radius 2 is 1.12 bits per heavy atom. The van der Waals surface area contributed by atoms with Crippen molar-refractivity contribution in [3.05, 3.63) is 114 Å². The van der Waals surface area contributed by atoms with Crippen LogP contribution in [0.1, 0.15) is 172 Å². The summed E-state index contributed by atoms with van der Waals surface area (Å²) in [7, 11) is 5.47. The highest BCUT2D eigenvalue weighted by molar-refractivity contribution is 8.00. The third-order valence-corrected chi connectivity index (χ3v) is 26.7. The summed E-state index contributed by atoms with van der Waals surface area (Å²) in [6.45, 7) is 4.73. The summed E-state index contributed by atoms with van der Waals surface area (Å²) in [5, 5.41) is 44.9. The number of fused-ring (bicyclic) bond motifs is 4. The zero-order valence-electron chi connectivity index (χ0n) is 78.1. The fourth-order valence-electron chi connectivity index (χ4n) is 17.8. The molecule has 0 bridgehead atoms. The number of aromatic nitrogens is 2. The van der Waals surface area contributed by atoms with Crippen molar-refractivity contribution in [3.63, 3.8) is 0 Å². The predicted octanol–water partition coefficient (Wildman–Crippen LogP) is 1.13. The van der Waals surface area contributed by atoms with Crippen LogP contribution in [0.3, 0.4) is 0 Å². The second kappa shape index (κ2) is 51.8. The number of unbranched alkanes of at least 4 members (excludes halogenated alkanes) is 2. The van der Waals surface area contributed by atoms with E-state index in [4.69, 9.17) is 27.7 Å². The van der Waals surface area contributed by atoms with Gasteiger partial charge in [-0.3, -0.25) is 91.3 Å². The van der Waals surface area contributed by atoms with Crippen molar-refractivity contribution in [2.24, 2.45) is 45.7 Å². The maximum absolute atomic E-state index is 15.9. The number of para-hydroxylation sites is 2. The van der Waals surface area contributed by atoms with E-state index in [1.165, 1.54) is 57.4 Å². The molecular weight excluding hydrogens is 1780 g/mol. The van der Waals surface area contributed by atoms with Crippen LogP contribution >= 0.6 is 11.8 Å². The Labute approximate surface area is 793 Å². The summed E-state index contributed by atoms with van der Waals surface area (Å²) in [6.07, 6.45) is 1.69. The van der Waals surface area contributed by atoms with E-state index < -0.39 is 247 Å². The van der Waals surface area contributed by atoms with Crippen molar-refractivity contribution in [1.29, 1.82) is 0 Å². The zero-order valence-corrected chi connectivity index (χ0v) is 78.9. The van der Waals surface area contributed by atoms with Gasteiger partial charge in [0.1, 0.15) is 60.1 Å². The molecule has 16 atom stereocenters. The molecule has 1 saturated carbocycles. The number of ether oxygens (including phenoxy) is 1. The molecule has 40 nitrogen and oxygen atoms in total. The summed E-state index contributed by atoms with van der Waals surface area (Å²) in [5.74, 6) is -20.7. The Kier molecular flexibility index (Phi) is 40.7. The SMILES string of the molecule is CCCC[C@H]1C(=O)N(C)[C@@H](CCCC)C(=O)N[C@@H](CCCN)C(=O)N[C@H](C(=O)CCC(N)=O)CSCC(=O)N[C@@H](Cc2ccc(OC)cc2)C(=O)N(C)[C@@H](C)C(=O)N[C@@H](CC(N)=O)C(=O)N2CCC[C@H]2C(=O)N[C@@H](CC2=CN=CC2)C(=O)N[C@@H](CCC(=O)O)C(=O)C2C[C@H](O)C[C@H]2C(=O)N[C@@H](Cc2c[nH]c3ccccc23)C(=O)C[C@@H](CCN)C(=O)N[C@@H](Cc2c[nH]c3ccccc23)C(=O)N1C. The minimum Gasteiger partial charge on any atom is -0.497 e. The number of benzene rings is 3. The van der Waals surface area contributed by atoms with E-state index in [0.29, 0.717) is 75.5 Å². The van der Waals surface area contributed by atoms with E-state index in [2.05, 4.69) is 57.5 Å². The van der Waals surface area contributed by atoms with Gasteiger partial charge in [-0.25, -0.2) is 0 Å². The van der Waals surface area contributed by atoms with Crippen LogP contribution in [0.15, 0.2) is 102 Å². The zero-order chi connectivity index (χ0) is 99.1. The first-order valence-electron chi connectivity index (χ1n) is 46.5. The van der Waals surface area contributed by atoms with Crippen LogP contribution in [0.4, 0.5) is 0 Å². The fourth-order valence-corrected chi connectivity index (χ4v) is 18.7. The molecule has 4 aliphatic rings. The third kappa shape index (κ3) is 29.6. The molecule has 5 aromatic rings. The number of nitrogens with zero attached hydrogens (tertiary/aromatic N) is 5. The number of aliphatic hydroxyl groups excluding tert-OH is 1. The Bertz CT molecular complexity index is 5190. The molecule has 136 heavy (non-hydrogen) atoms. The summed E-state index contributed by atoms with van der Waals surface area (Å²) < 4.78 is 5.35. The maximum Gasteiger partial charge on any atom is 0.303 e. The Hall–Kier alpha value is -12.8. The van der Waals surface area contributed by atoms with Crippen molar-refractivity contribution >= 4 is 146 Å². The maximum atomic E-state index is 15.9. The average molecular weight is 1910 g/mol. The number of likely N-dealkylation sites (N-methyl/N-ethyl adjacent to an activating group) is 3. The number of hydrogen-bond donors (Lipinski definition) is 16. The molecule has 5 heterocycles. The van der Waals surface area contributed by atoms with Crippen molar-refractivity contribution in [3.8, 4) is 5.75 Å². The lowest BCUT2D eigenvalue weighted by atomic mass is 9.85. The molecule has 3 fully saturated rings. The van der Waals surface area contributed by atoms with Crippen LogP contribution in [-0.2, 0) is 106 Å². The first kappa shape index (κ1) is 107. The van der Waals surface area contributed by atoms with Gasteiger partial charge < -0.3 is 110 Å². The Balaban J connectivity index is 1.11. The number of ketones is 3. The van der Waals surface area contributed by atoms with Crippen molar-refractivity contribution in [1.82, 2.24) is 72.1 Å². The van der Waals surface area contributed by atoms with E-state index >= 15 is 38.4 Å². The Morgan fingerprint density at radius 1 is 0.544 bits per heavy atom. The Morgan fingerprint density at radius 3 is 1.74 bits per heavy atom. The number of aliphatic carboxylic acids is 1. The van der Waals surface area contributed by atoms with Crippen LogP contribution in [-0.4, -0.2) is 290 Å². The molecule has 3 aliphatic heterocycles. The van der Waals surface area contributed by atoms with E-state index in [1.54, 1.807) is 73.1 Å². The minimum atomic E-state index is -1.78.